The molecule has 1 heterocycles. The summed E-state index contributed by atoms with van der Waals surface area (Å²) in [7, 11) is 1.32. The first kappa shape index (κ1) is 11.1. The lowest BCUT2D eigenvalue weighted by Gasteiger charge is -2.07. The van der Waals surface area contributed by atoms with E-state index in [1.165, 1.54) is 7.11 Å². The molecule has 16 heavy (non-hydrogen) atoms. The number of hydrogen-bond acceptors (Lipinski definition) is 4. The summed E-state index contributed by atoms with van der Waals surface area (Å²) in [4.78, 5) is 11.1. The Morgan fingerprint density at radius 3 is 3.00 bits per heavy atom. The third-order valence-electron chi connectivity index (χ3n) is 2.46. The van der Waals surface area contributed by atoms with Gasteiger partial charge in [0.2, 0.25) is 0 Å². The number of hydrogen-bond donors (Lipinski definition) is 1. The van der Waals surface area contributed by atoms with Gasteiger partial charge < -0.3 is 9.84 Å². The van der Waals surface area contributed by atoms with Crippen molar-refractivity contribution in [1.29, 1.82) is 0 Å². The van der Waals surface area contributed by atoms with Crippen molar-refractivity contribution in [2.24, 2.45) is 0 Å². The maximum absolute atomic E-state index is 11.1. The summed E-state index contributed by atoms with van der Waals surface area (Å²) in [6.07, 6.45) is -0.791. The van der Waals surface area contributed by atoms with E-state index in [1.54, 1.807) is 11.3 Å². The molecule has 1 atom stereocenters. The van der Waals surface area contributed by atoms with Crippen molar-refractivity contribution in [2.45, 2.75) is 12.5 Å². The number of esters is 1. The first-order valence-electron chi connectivity index (χ1n) is 4.93. The van der Waals surface area contributed by atoms with Gasteiger partial charge in [0.1, 0.15) is 0 Å². The monoisotopic (exact) mass is 236 g/mol. The molecule has 2 aromatic rings. The Balaban J connectivity index is 2.29. The SMILES string of the molecule is COC(=O)C[C@H](O)c1csc2ccccc12. The summed E-state index contributed by atoms with van der Waals surface area (Å²) in [5, 5.41) is 12.8. The molecule has 3 nitrogen and oxygen atoms in total. The first-order valence-corrected chi connectivity index (χ1v) is 5.81. The summed E-state index contributed by atoms with van der Waals surface area (Å²) in [6.45, 7) is 0. The van der Waals surface area contributed by atoms with E-state index in [4.69, 9.17) is 0 Å². The highest BCUT2D eigenvalue weighted by molar-refractivity contribution is 7.17. The quantitative estimate of drug-likeness (QED) is 0.833. The van der Waals surface area contributed by atoms with Gasteiger partial charge in [0.05, 0.1) is 19.6 Å². The van der Waals surface area contributed by atoms with Gasteiger partial charge in [0.25, 0.3) is 0 Å². The number of fused-ring (bicyclic) bond motifs is 1. The summed E-state index contributed by atoms with van der Waals surface area (Å²) in [5.41, 5.74) is 0.797. The predicted molar refractivity (Wildman–Crippen MR) is 63.4 cm³/mol. The molecule has 0 aliphatic rings. The van der Waals surface area contributed by atoms with Gasteiger partial charge in [-0.1, -0.05) is 18.2 Å². The molecule has 0 amide bonds. The molecule has 0 aliphatic carbocycles. The molecule has 4 heteroatoms. The maximum atomic E-state index is 11.1. The Morgan fingerprint density at radius 1 is 1.50 bits per heavy atom. The molecular weight excluding hydrogens is 224 g/mol. The minimum atomic E-state index is -0.788. The van der Waals surface area contributed by atoms with E-state index in [1.807, 2.05) is 29.6 Å². The van der Waals surface area contributed by atoms with Gasteiger partial charge in [0.15, 0.2) is 0 Å². The van der Waals surface area contributed by atoms with Crippen molar-refractivity contribution in [1.82, 2.24) is 0 Å². The highest BCUT2D eigenvalue weighted by atomic mass is 32.1. The van der Waals surface area contributed by atoms with Gasteiger partial charge in [-0.25, -0.2) is 0 Å². The van der Waals surface area contributed by atoms with Crippen molar-refractivity contribution in [2.75, 3.05) is 7.11 Å². The Kier molecular flexibility index (Phi) is 3.22. The fourth-order valence-corrected chi connectivity index (χ4v) is 2.62. The Labute approximate surface area is 97.3 Å². The first-order chi connectivity index (χ1) is 7.72. The van der Waals surface area contributed by atoms with Gasteiger partial charge in [-0.2, -0.15) is 0 Å². The molecule has 0 spiro atoms. The highest BCUT2D eigenvalue weighted by Gasteiger charge is 2.16. The Hall–Kier alpha value is -1.39. The fourth-order valence-electron chi connectivity index (χ4n) is 1.61. The third-order valence-corrected chi connectivity index (χ3v) is 3.44. The normalized spacial score (nSPS) is 12.6. The zero-order chi connectivity index (χ0) is 11.5. The van der Waals surface area contributed by atoms with Crippen LogP contribution in [0.2, 0.25) is 0 Å². The molecule has 0 bridgehead atoms. The number of benzene rings is 1. The van der Waals surface area contributed by atoms with Crippen LogP contribution < -0.4 is 0 Å². The van der Waals surface area contributed by atoms with Crippen molar-refractivity contribution in [3.05, 3.63) is 35.2 Å². The number of carbonyl (C=O) groups is 1. The topological polar surface area (TPSA) is 46.5 Å². The zero-order valence-electron chi connectivity index (χ0n) is 8.84. The number of ether oxygens (including phenoxy) is 1. The van der Waals surface area contributed by atoms with Crippen molar-refractivity contribution in [3.8, 4) is 0 Å². The lowest BCUT2D eigenvalue weighted by atomic mass is 10.1. The summed E-state index contributed by atoms with van der Waals surface area (Å²) < 4.78 is 5.65. The van der Waals surface area contributed by atoms with Gasteiger partial charge >= 0.3 is 5.97 Å². The van der Waals surface area contributed by atoms with Crippen molar-refractivity contribution >= 4 is 27.4 Å². The van der Waals surface area contributed by atoms with Crippen LogP contribution in [-0.2, 0) is 9.53 Å². The van der Waals surface area contributed by atoms with E-state index in [0.29, 0.717) is 0 Å². The van der Waals surface area contributed by atoms with Crippen LogP contribution in [0.25, 0.3) is 10.1 Å². The largest absolute Gasteiger partial charge is 0.469 e. The highest BCUT2D eigenvalue weighted by Crippen LogP contribution is 2.31. The van der Waals surface area contributed by atoms with Crippen LogP contribution in [0.1, 0.15) is 18.1 Å². The molecule has 1 N–H and O–H groups in total. The Morgan fingerprint density at radius 2 is 2.25 bits per heavy atom. The van der Waals surface area contributed by atoms with Crippen LogP contribution >= 0.6 is 11.3 Å². The Bertz CT molecular complexity index is 504. The lowest BCUT2D eigenvalue weighted by molar-refractivity contribution is -0.142. The summed E-state index contributed by atoms with van der Waals surface area (Å²) >= 11 is 1.56. The van der Waals surface area contributed by atoms with E-state index in [9.17, 15) is 9.90 Å². The number of aliphatic hydroxyl groups excluding tert-OH is 1. The smallest absolute Gasteiger partial charge is 0.308 e. The number of methoxy groups -OCH3 is 1. The average molecular weight is 236 g/mol. The zero-order valence-corrected chi connectivity index (χ0v) is 9.66. The van der Waals surface area contributed by atoms with Gasteiger partial charge in [-0.15, -0.1) is 11.3 Å². The minimum Gasteiger partial charge on any atom is -0.469 e. The van der Waals surface area contributed by atoms with E-state index in [2.05, 4.69) is 4.74 Å². The van der Waals surface area contributed by atoms with Gasteiger partial charge in [-0.05, 0) is 22.4 Å². The number of aliphatic hydroxyl groups is 1. The lowest BCUT2D eigenvalue weighted by Crippen LogP contribution is -2.07. The molecule has 1 aromatic carbocycles. The van der Waals surface area contributed by atoms with E-state index in [0.717, 1.165) is 15.6 Å². The molecule has 2 rings (SSSR count). The van der Waals surface area contributed by atoms with E-state index in [-0.39, 0.29) is 6.42 Å². The van der Waals surface area contributed by atoms with E-state index < -0.39 is 12.1 Å². The molecular formula is C12H12O3S. The molecule has 84 valence electrons. The number of rotatable bonds is 3. The van der Waals surface area contributed by atoms with E-state index >= 15 is 0 Å². The second-order valence-corrected chi connectivity index (χ2v) is 4.39. The molecule has 0 saturated carbocycles. The number of thiophene rings is 1. The maximum Gasteiger partial charge on any atom is 0.308 e. The van der Waals surface area contributed by atoms with Crippen LogP contribution in [0.5, 0.6) is 0 Å². The average Bonchev–Trinajstić information content (AvgIpc) is 2.72. The second-order valence-electron chi connectivity index (χ2n) is 3.48. The van der Waals surface area contributed by atoms with Crippen LogP contribution in [0, 0.1) is 0 Å². The molecule has 1 aromatic heterocycles. The fraction of sp³-hybridized carbons (Fsp3) is 0.250. The minimum absolute atomic E-state index is 0.00275. The van der Waals surface area contributed by atoms with Crippen LogP contribution in [0.4, 0.5) is 0 Å². The van der Waals surface area contributed by atoms with Gasteiger partial charge in [-0.3, -0.25) is 4.79 Å². The van der Waals surface area contributed by atoms with Gasteiger partial charge in [0, 0.05) is 4.70 Å². The van der Waals surface area contributed by atoms with Crippen molar-refractivity contribution in [3.63, 3.8) is 0 Å². The third kappa shape index (κ3) is 2.08. The van der Waals surface area contributed by atoms with Crippen molar-refractivity contribution < 1.29 is 14.6 Å². The molecule has 0 unspecified atom stereocenters. The standard InChI is InChI=1S/C12H12O3S/c1-15-12(14)6-10(13)9-7-16-11-5-3-2-4-8(9)11/h2-5,7,10,13H,6H2,1H3/t10-/m0/s1. The molecule has 0 radical (unpaired) electrons. The van der Waals surface area contributed by atoms with Crippen LogP contribution in [0.3, 0.4) is 0 Å². The molecule has 0 fully saturated rings. The molecule has 0 saturated heterocycles. The van der Waals surface area contributed by atoms with Crippen LogP contribution in [0.15, 0.2) is 29.6 Å². The predicted octanol–water partition coefficient (Wildman–Crippen LogP) is 2.50. The number of carbonyl (C=O) groups excluding carboxylic acids is 1. The van der Waals surface area contributed by atoms with Crippen LogP contribution in [-0.4, -0.2) is 18.2 Å². The molecule has 0 aliphatic heterocycles. The second kappa shape index (κ2) is 4.63. The summed E-state index contributed by atoms with van der Waals surface area (Å²) in [5.74, 6) is -0.400. The summed E-state index contributed by atoms with van der Waals surface area (Å²) in [6, 6.07) is 7.81.